The van der Waals surface area contributed by atoms with Crippen LogP contribution < -0.4 is 19.5 Å². The van der Waals surface area contributed by atoms with Crippen molar-refractivity contribution in [2.24, 2.45) is 0 Å². The number of hydrogen-bond acceptors (Lipinski definition) is 7. The van der Waals surface area contributed by atoms with Gasteiger partial charge in [0.05, 0.1) is 10.5 Å². The number of nitrogens with zero attached hydrogens (tertiary/aromatic N) is 1. The summed E-state index contributed by atoms with van der Waals surface area (Å²) in [6.45, 7) is -0.239. The lowest BCUT2D eigenvalue weighted by atomic mass is 10.2. The Hall–Kier alpha value is -3.62. The van der Waals surface area contributed by atoms with Gasteiger partial charge in [-0.3, -0.25) is 19.7 Å². The summed E-state index contributed by atoms with van der Waals surface area (Å²) in [4.78, 5) is 33.0. The normalized spacial score (nSPS) is 11.7. The molecule has 0 saturated carbocycles. The zero-order valence-electron chi connectivity index (χ0n) is 12.8. The van der Waals surface area contributed by atoms with Crippen LogP contribution in [0.15, 0.2) is 36.4 Å². The fraction of sp³-hybridized carbons (Fsp3) is 0.125. The number of non-ortho nitro benzene ring substituents is 1. The van der Waals surface area contributed by atoms with Gasteiger partial charge in [-0.2, -0.15) is 0 Å². The van der Waals surface area contributed by atoms with E-state index in [1.807, 2.05) is 0 Å². The number of fused-ring (bicyclic) bond motifs is 1. The molecule has 9 heteroatoms. The Labute approximate surface area is 141 Å². The number of ether oxygens (including phenoxy) is 3. The number of amides is 1. The van der Waals surface area contributed by atoms with Crippen LogP contribution in [0.5, 0.6) is 17.2 Å². The second-order valence-electron chi connectivity index (χ2n) is 5.00. The Morgan fingerprint density at radius 2 is 2.04 bits per heavy atom. The summed E-state index contributed by atoms with van der Waals surface area (Å²) in [7, 11) is 0. The lowest BCUT2D eigenvalue weighted by Gasteiger charge is -2.09. The molecule has 0 aliphatic carbocycles. The van der Waals surface area contributed by atoms with E-state index in [-0.39, 0.29) is 30.4 Å². The SMILES string of the molecule is O=Cc1cc([N+](=O)[O-])ccc1OCC(=O)Nc1ccc2c(c1)OCO2. The number of anilines is 1. The summed E-state index contributed by atoms with van der Waals surface area (Å²) in [5.41, 5.74) is 0.251. The Morgan fingerprint density at radius 1 is 1.24 bits per heavy atom. The molecule has 3 rings (SSSR count). The van der Waals surface area contributed by atoms with E-state index in [0.717, 1.165) is 6.07 Å². The highest BCUT2D eigenvalue weighted by atomic mass is 16.7. The maximum absolute atomic E-state index is 12.0. The molecular formula is C16H12N2O7. The molecule has 0 unspecified atom stereocenters. The summed E-state index contributed by atoms with van der Waals surface area (Å²) in [6, 6.07) is 8.47. The molecule has 0 aromatic heterocycles. The lowest BCUT2D eigenvalue weighted by molar-refractivity contribution is -0.384. The van der Waals surface area contributed by atoms with Gasteiger partial charge in [-0.15, -0.1) is 0 Å². The molecule has 1 amide bonds. The van der Waals surface area contributed by atoms with Crippen LogP contribution in [-0.4, -0.2) is 30.5 Å². The van der Waals surface area contributed by atoms with Crippen LogP contribution in [0.1, 0.15) is 10.4 Å². The van der Waals surface area contributed by atoms with E-state index in [2.05, 4.69) is 5.32 Å². The van der Waals surface area contributed by atoms with Gasteiger partial charge in [0.1, 0.15) is 5.75 Å². The standard InChI is InChI=1S/C16H12N2O7/c19-7-10-5-12(18(21)22)2-4-13(10)23-8-16(20)17-11-1-3-14-15(6-11)25-9-24-14/h1-7H,8-9H2,(H,17,20). The largest absolute Gasteiger partial charge is 0.483 e. The molecule has 9 nitrogen and oxygen atoms in total. The fourth-order valence-corrected chi connectivity index (χ4v) is 2.19. The van der Waals surface area contributed by atoms with Crippen LogP contribution in [0.2, 0.25) is 0 Å². The monoisotopic (exact) mass is 344 g/mol. The topological polar surface area (TPSA) is 117 Å². The van der Waals surface area contributed by atoms with Gasteiger partial charge >= 0.3 is 0 Å². The molecule has 0 bridgehead atoms. The number of aldehydes is 1. The van der Waals surface area contributed by atoms with Crippen molar-refractivity contribution in [2.45, 2.75) is 0 Å². The first-order valence-corrected chi connectivity index (χ1v) is 7.13. The number of rotatable bonds is 6. The first-order chi connectivity index (χ1) is 12.1. The maximum atomic E-state index is 12.0. The summed E-state index contributed by atoms with van der Waals surface area (Å²) in [6.07, 6.45) is 0.429. The van der Waals surface area contributed by atoms with E-state index in [1.54, 1.807) is 18.2 Å². The van der Waals surface area contributed by atoms with E-state index in [0.29, 0.717) is 23.5 Å². The van der Waals surface area contributed by atoms with Crippen molar-refractivity contribution in [3.8, 4) is 17.2 Å². The van der Waals surface area contributed by atoms with E-state index in [1.165, 1.54) is 12.1 Å². The Kier molecular flexibility index (Phi) is 4.46. The average molecular weight is 344 g/mol. The molecule has 1 aliphatic heterocycles. The molecule has 1 N–H and O–H groups in total. The van der Waals surface area contributed by atoms with Gasteiger partial charge in [0.2, 0.25) is 6.79 Å². The Morgan fingerprint density at radius 3 is 2.80 bits per heavy atom. The average Bonchev–Trinajstić information content (AvgIpc) is 3.07. The third-order valence-electron chi connectivity index (χ3n) is 3.35. The lowest BCUT2D eigenvalue weighted by Crippen LogP contribution is -2.20. The first kappa shape index (κ1) is 16.2. The smallest absolute Gasteiger partial charge is 0.270 e. The minimum atomic E-state index is -0.622. The van der Waals surface area contributed by atoms with Crippen molar-refractivity contribution in [3.05, 3.63) is 52.1 Å². The number of carbonyl (C=O) groups is 2. The van der Waals surface area contributed by atoms with E-state index in [4.69, 9.17) is 14.2 Å². The van der Waals surface area contributed by atoms with Gasteiger partial charge in [-0.1, -0.05) is 0 Å². The number of nitrogens with one attached hydrogen (secondary N) is 1. The summed E-state index contributed by atoms with van der Waals surface area (Å²) >= 11 is 0. The Balaban J connectivity index is 1.62. The quantitative estimate of drug-likeness (QED) is 0.485. The highest BCUT2D eigenvalue weighted by Crippen LogP contribution is 2.34. The van der Waals surface area contributed by atoms with Crippen LogP contribution in [0.3, 0.4) is 0 Å². The van der Waals surface area contributed by atoms with Gasteiger partial charge < -0.3 is 19.5 Å². The molecule has 0 radical (unpaired) electrons. The van der Waals surface area contributed by atoms with E-state index < -0.39 is 10.8 Å². The summed E-state index contributed by atoms with van der Waals surface area (Å²) < 4.78 is 15.7. The molecule has 0 saturated heterocycles. The van der Waals surface area contributed by atoms with Crippen molar-refractivity contribution < 1.29 is 28.7 Å². The van der Waals surface area contributed by atoms with Crippen molar-refractivity contribution in [1.29, 1.82) is 0 Å². The van der Waals surface area contributed by atoms with Gasteiger partial charge in [-0.05, 0) is 18.2 Å². The number of carbonyl (C=O) groups excluding carboxylic acids is 2. The fourth-order valence-electron chi connectivity index (χ4n) is 2.19. The van der Waals surface area contributed by atoms with Crippen LogP contribution in [-0.2, 0) is 4.79 Å². The van der Waals surface area contributed by atoms with Crippen LogP contribution in [0.25, 0.3) is 0 Å². The van der Waals surface area contributed by atoms with Crippen LogP contribution in [0.4, 0.5) is 11.4 Å². The third kappa shape index (κ3) is 3.66. The number of nitro benzene ring substituents is 1. The van der Waals surface area contributed by atoms with Crippen LogP contribution >= 0.6 is 0 Å². The molecule has 2 aromatic carbocycles. The van der Waals surface area contributed by atoms with Crippen LogP contribution in [0, 0.1) is 10.1 Å². The minimum absolute atomic E-state index is 0.00919. The van der Waals surface area contributed by atoms with E-state index in [9.17, 15) is 19.7 Å². The van der Waals surface area contributed by atoms with Gasteiger partial charge in [-0.25, -0.2) is 0 Å². The zero-order chi connectivity index (χ0) is 17.8. The molecule has 1 heterocycles. The summed E-state index contributed by atoms with van der Waals surface area (Å²) in [5, 5.41) is 13.3. The molecule has 0 atom stereocenters. The second-order valence-corrected chi connectivity index (χ2v) is 5.00. The molecular weight excluding hydrogens is 332 g/mol. The molecule has 2 aromatic rings. The van der Waals surface area contributed by atoms with Gasteiger partial charge in [0, 0.05) is 23.9 Å². The van der Waals surface area contributed by atoms with Gasteiger partial charge in [0.15, 0.2) is 24.4 Å². The number of hydrogen-bond donors (Lipinski definition) is 1. The van der Waals surface area contributed by atoms with Crippen molar-refractivity contribution in [2.75, 3.05) is 18.7 Å². The molecule has 128 valence electrons. The zero-order valence-corrected chi connectivity index (χ0v) is 12.8. The predicted molar refractivity (Wildman–Crippen MR) is 85.2 cm³/mol. The van der Waals surface area contributed by atoms with E-state index >= 15 is 0 Å². The molecule has 1 aliphatic rings. The third-order valence-corrected chi connectivity index (χ3v) is 3.35. The number of nitro groups is 1. The molecule has 0 spiro atoms. The predicted octanol–water partition coefficient (Wildman–Crippen LogP) is 2.15. The minimum Gasteiger partial charge on any atom is -0.483 e. The molecule has 0 fully saturated rings. The summed E-state index contributed by atoms with van der Waals surface area (Å²) in [5.74, 6) is 0.739. The molecule has 25 heavy (non-hydrogen) atoms. The van der Waals surface area contributed by atoms with Crippen molar-refractivity contribution >= 4 is 23.6 Å². The maximum Gasteiger partial charge on any atom is 0.270 e. The second kappa shape index (κ2) is 6.87. The highest BCUT2D eigenvalue weighted by molar-refractivity contribution is 5.92. The first-order valence-electron chi connectivity index (χ1n) is 7.13. The van der Waals surface area contributed by atoms with Gasteiger partial charge in [0.25, 0.3) is 11.6 Å². The Bertz CT molecular complexity index is 850. The van der Waals surface area contributed by atoms with Crippen molar-refractivity contribution in [3.63, 3.8) is 0 Å². The van der Waals surface area contributed by atoms with Crippen molar-refractivity contribution in [1.82, 2.24) is 0 Å². The highest BCUT2D eigenvalue weighted by Gasteiger charge is 2.15. The number of benzene rings is 2.